The number of rotatable bonds is 6. The molecule has 148 valence electrons. The molecule has 6 heteroatoms. The van der Waals surface area contributed by atoms with Gasteiger partial charge in [0.25, 0.3) is 5.91 Å². The van der Waals surface area contributed by atoms with Crippen molar-refractivity contribution in [3.05, 3.63) is 59.7 Å². The van der Waals surface area contributed by atoms with Crippen LogP contribution in [0, 0.1) is 0 Å². The fraction of sp³-hybridized carbons (Fsp3) is 0.364. The second kappa shape index (κ2) is 9.26. The van der Waals surface area contributed by atoms with Crippen LogP contribution in [-0.4, -0.2) is 42.6 Å². The number of esters is 1. The van der Waals surface area contributed by atoms with E-state index in [0.717, 1.165) is 12.0 Å². The summed E-state index contributed by atoms with van der Waals surface area (Å²) in [6, 6.07) is 14.6. The fourth-order valence-electron chi connectivity index (χ4n) is 2.92. The van der Waals surface area contributed by atoms with Gasteiger partial charge in [0, 0.05) is 19.0 Å². The molecule has 3 rings (SSSR count). The van der Waals surface area contributed by atoms with E-state index >= 15 is 0 Å². The van der Waals surface area contributed by atoms with E-state index in [2.05, 4.69) is 0 Å². The lowest BCUT2D eigenvalue weighted by Crippen LogP contribution is -2.39. The molecule has 2 aromatic rings. The average molecular weight is 383 g/mol. The quantitative estimate of drug-likeness (QED) is 0.715. The van der Waals surface area contributed by atoms with Crippen LogP contribution in [0.4, 0.5) is 0 Å². The van der Waals surface area contributed by atoms with Gasteiger partial charge in [-0.2, -0.15) is 0 Å². The summed E-state index contributed by atoms with van der Waals surface area (Å²) in [5.74, 6) is 0.332. The van der Waals surface area contributed by atoms with Crippen LogP contribution in [-0.2, 0) is 16.1 Å². The highest BCUT2D eigenvalue weighted by molar-refractivity contribution is 5.92. The van der Waals surface area contributed by atoms with Gasteiger partial charge in [0.05, 0.1) is 18.8 Å². The summed E-state index contributed by atoms with van der Waals surface area (Å²) in [6.07, 6.45) is 0.787. The number of hydrogen-bond acceptors (Lipinski definition) is 5. The van der Waals surface area contributed by atoms with Gasteiger partial charge in [0.2, 0.25) is 0 Å². The Morgan fingerprint density at radius 3 is 2.46 bits per heavy atom. The molecule has 0 aromatic heterocycles. The number of benzene rings is 2. The predicted molar refractivity (Wildman–Crippen MR) is 104 cm³/mol. The Morgan fingerprint density at radius 2 is 1.75 bits per heavy atom. The van der Waals surface area contributed by atoms with Crippen molar-refractivity contribution in [3.63, 3.8) is 0 Å². The molecule has 0 spiro atoms. The molecule has 0 fully saturated rings. The number of ether oxygens (including phenoxy) is 3. The van der Waals surface area contributed by atoms with E-state index in [1.54, 1.807) is 23.1 Å². The molecule has 0 N–H and O–H groups in total. The van der Waals surface area contributed by atoms with Gasteiger partial charge in [-0.1, -0.05) is 30.3 Å². The first-order valence-corrected chi connectivity index (χ1v) is 9.45. The molecule has 0 saturated heterocycles. The Balaban J connectivity index is 1.61. The van der Waals surface area contributed by atoms with Crippen molar-refractivity contribution in [2.24, 2.45) is 0 Å². The van der Waals surface area contributed by atoms with E-state index in [-0.39, 0.29) is 18.6 Å². The summed E-state index contributed by atoms with van der Waals surface area (Å²) < 4.78 is 16.4. The molecular formula is C22H25NO5. The van der Waals surface area contributed by atoms with E-state index in [0.29, 0.717) is 36.8 Å². The van der Waals surface area contributed by atoms with Gasteiger partial charge in [-0.15, -0.1) is 0 Å². The molecule has 1 amide bonds. The third kappa shape index (κ3) is 5.03. The van der Waals surface area contributed by atoms with Crippen LogP contribution >= 0.6 is 0 Å². The minimum atomic E-state index is -0.563. The predicted octanol–water partition coefficient (Wildman–Crippen LogP) is 3.44. The maximum Gasteiger partial charge on any atom is 0.338 e. The summed E-state index contributed by atoms with van der Waals surface area (Å²) in [6.45, 7) is 5.15. The largest absolute Gasteiger partial charge is 0.490 e. The van der Waals surface area contributed by atoms with Crippen LogP contribution in [0.2, 0.25) is 0 Å². The Kier molecular flexibility index (Phi) is 6.53. The Bertz CT molecular complexity index is 819. The van der Waals surface area contributed by atoms with E-state index in [1.165, 1.54) is 0 Å². The van der Waals surface area contributed by atoms with Crippen LogP contribution < -0.4 is 9.47 Å². The average Bonchev–Trinajstić information content (AvgIpc) is 2.95. The molecule has 28 heavy (non-hydrogen) atoms. The van der Waals surface area contributed by atoms with Crippen molar-refractivity contribution >= 4 is 11.9 Å². The first-order chi connectivity index (χ1) is 13.5. The highest BCUT2D eigenvalue weighted by Crippen LogP contribution is 2.30. The highest BCUT2D eigenvalue weighted by atomic mass is 16.5. The fourth-order valence-corrected chi connectivity index (χ4v) is 2.92. The monoisotopic (exact) mass is 383 g/mol. The standard InChI is InChI=1S/C22H25NO5/c1-16(2)23(14-17-7-4-3-5-8-17)21(24)15-28-22(25)18-9-10-19-20(13-18)27-12-6-11-26-19/h3-5,7-10,13,16H,6,11-12,14-15H2,1-2H3. The molecule has 1 aliphatic rings. The minimum Gasteiger partial charge on any atom is -0.490 e. The second-order valence-corrected chi connectivity index (χ2v) is 6.89. The molecular weight excluding hydrogens is 358 g/mol. The van der Waals surface area contributed by atoms with Crippen molar-refractivity contribution in [2.45, 2.75) is 32.9 Å². The van der Waals surface area contributed by atoms with Crippen LogP contribution in [0.15, 0.2) is 48.5 Å². The SMILES string of the molecule is CC(C)N(Cc1ccccc1)C(=O)COC(=O)c1ccc2c(c1)OCCCO2. The lowest BCUT2D eigenvalue weighted by Gasteiger charge is -2.26. The third-order valence-electron chi connectivity index (χ3n) is 4.45. The molecule has 6 nitrogen and oxygen atoms in total. The van der Waals surface area contributed by atoms with Crippen molar-refractivity contribution in [2.75, 3.05) is 19.8 Å². The van der Waals surface area contributed by atoms with Crippen LogP contribution in [0.1, 0.15) is 36.2 Å². The lowest BCUT2D eigenvalue weighted by molar-refractivity contribution is -0.136. The number of nitrogens with zero attached hydrogens (tertiary/aromatic N) is 1. The summed E-state index contributed by atoms with van der Waals surface area (Å²) >= 11 is 0. The van der Waals surface area contributed by atoms with Gasteiger partial charge >= 0.3 is 5.97 Å². The van der Waals surface area contributed by atoms with Crippen molar-refractivity contribution < 1.29 is 23.8 Å². The van der Waals surface area contributed by atoms with E-state index in [4.69, 9.17) is 14.2 Å². The number of carbonyl (C=O) groups excluding carboxylic acids is 2. The molecule has 0 unspecified atom stereocenters. The lowest BCUT2D eigenvalue weighted by atomic mass is 10.2. The molecule has 0 saturated carbocycles. The molecule has 0 bridgehead atoms. The van der Waals surface area contributed by atoms with Gasteiger partial charge in [-0.25, -0.2) is 4.79 Å². The zero-order chi connectivity index (χ0) is 19.9. The summed E-state index contributed by atoms with van der Waals surface area (Å²) in [5, 5.41) is 0. The molecule has 0 aliphatic carbocycles. The second-order valence-electron chi connectivity index (χ2n) is 6.89. The zero-order valence-electron chi connectivity index (χ0n) is 16.2. The minimum absolute atomic E-state index is 0.00977. The van der Waals surface area contributed by atoms with Crippen molar-refractivity contribution in [1.82, 2.24) is 4.90 Å². The Hall–Kier alpha value is -3.02. The van der Waals surface area contributed by atoms with Gasteiger partial charge < -0.3 is 19.1 Å². The maximum absolute atomic E-state index is 12.6. The van der Waals surface area contributed by atoms with E-state index < -0.39 is 5.97 Å². The Labute approximate surface area is 165 Å². The summed E-state index contributed by atoms with van der Waals surface area (Å²) in [7, 11) is 0. The number of amides is 1. The smallest absolute Gasteiger partial charge is 0.338 e. The number of carbonyl (C=O) groups is 2. The van der Waals surface area contributed by atoms with Crippen LogP contribution in [0.3, 0.4) is 0 Å². The zero-order valence-corrected chi connectivity index (χ0v) is 16.2. The molecule has 0 atom stereocenters. The van der Waals surface area contributed by atoms with Crippen LogP contribution in [0.25, 0.3) is 0 Å². The molecule has 0 radical (unpaired) electrons. The van der Waals surface area contributed by atoms with Gasteiger partial charge in [-0.3, -0.25) is 4.79 Å². The van der Waals surface area contributed by atoms with Gasteiger partial charge in [0.15, 0.2) is 18.1 Å². The van der Waals surface area contributed by atoms with Crippen molar-refractivity contribution in [1.29, 1.82) is 0 Å². The van der Waals surface area contributed by atoms with Crippen molar-refractivity contribution in [3.8, 4) is 11.5 Å². The Morgan fingerprint density at radius 1 is 1.04 bits per heavy atom. The molecule has 1 heterocycles. The summed E-state index contributed by atoms with van der Waals surface area (Å²) in [5.41, 5.74) is 1.36. The van der Waals surface area contributed by atoms with Crippen LogP contribution in [0.5, 0.6) is 11.5 Å². The number of hydrogen-bond donors (Lipinski definition) is 0. The maximum atomic E-state index is 12.6. The van der Waals surface area contributed by atoms with E-state index in [1.807, 2.05) is 44.2 Å². The molecule has 1 aliphatic heterocycles. The normalized spacial score (nSPS) is 13.0. The first-order valence-electron chi connectivity index (χ1n) is 9.45. The number of fused-ring (bicyclic) bond motifs is 1. The molecule has 2 aromatic carbocycles. The third-order valence-corrected chi connectivity index (χ3v) is 4.45. The van der Waals surface area contributed by atoms with E-state index in [9.17, 15) is 9.59 Å². The summed E-state index contributed by atoms with van der Waals surface area (Å²) in [4.78, 5) is 26.7. The first kappa shape index (κ1) is 19.7. The van der Waals surface area contributed by atoms with Gasteiger partial charge in [-0.05, 0) is 37.6 Å². The topological polar surface area (TPSA) is 65.1 Å². The van der Waals surface area contributed by atoms with Gasteiger partial charge in [0.1, 0.15) is 0 Å². The highest BCUT2D eigenvalue weighted by Gasteiger charge is 2.20.